The molecule has 0 aliphatic heterocycles. The van der Waals surface area contributed by atoms with Crippen LogP contribution in [0.3, 0.4) is 0 Å². The summed E-state index contributed by atoms with van der Waals surface area (Å²) < 4.78 is 15.0. The van der Waals surface area contributed by atoms with Crippen molar-refractivity contribution in [1.29, 1.82) is 0 Å². The number of carbonyl (C=O) groups excluding carboxylic acids is 1. The summed E-state index contributed by atoms with van der Waals surface area (Å²) in [4.78, 5) is 13.6. The van der Waals surface area contributed by atoms with Gasteiger partial charge in [0.2, 0.25) is 5.91 Å². The van der Waals surface area contributed by atoms with Gasteiger partial charge in [-0.2, -0.15) is 5.10 Å². The number of amides is 1. The number of carbonyl (C=O) groups is 1. The monoisotopic (exact) mass is 443 g/mol. The van der Waals surface area contributed by atoms with Crippen molar-refractivity contribution in [2.24, 2.45) is 7.05 Å². The van der Waals surface area contributed by atoms with Gasteiger partial charge in [0.1, 0.15) is 5.82 Å². The van der Waals surface area contributed by atoms with E-state index in [1.807, 2.05) is 49.5 Å². The van der Waals surface area contributed by atoms with E-state index in [-0.39, 0.29) is 11.7 Å². The van der Waals surface area contributed by atoms with Crippen molar-refractivity contribution in [1.82, 2.24) is 9.78 Å². The van der Waals surface area contributed by atoms with Crippen molar-refractivity contribution in [2.45, 2.75) is 10.6 Å². The van der Waals surface area contributed by atoms with E-state index in [0.29, 0.717) is 0 Å². The topological polar surface area (TPSA) is 46.9 Å². The molecule has 0 bridgehead atoms. The summed E-state index contributed by atoms with van der Waals surface area (Å²) in [7, 11) is 1.81. The predicted molar refractivity (Wildman–Crippen MR) is 129 cm³/mol. The fourth-order valence-corrected chi connectivity index (χ4v) is 4.13. The minimum absolute atomic E-state index is 0.231. The number of hydrogen-bond donors (Lipinski definition) is 1. The zero-order valence-corrected chi connectivity index (χ0v) is 18.4. The third kappa shape index (κ3) is 5.53. The van der Waals surface area contributed by atoms with Gasteiger partial charge in [0.05, 0.1) is 11.9 Å². The number of nitrogens with zero attached hydrogens (tertiary/aromatic N) is 2. The Kier molecular flexibility index (Phi) is 6.82. The Morgan fingerprint density at radius 2 is 1.75 bits per heavy atom. The molecule has 4 aromatic rings. The van der Waals surface area contributed by atoms with Crippen LogP contribution >= 0.6 is 11.8 Å². The highest BCUT2D eigenvalue weighted by Gasteiger charge is 2.09. The van der Waals surface area contributed by atoms with Gasteiger partial charge in [0.25, 0.3) is 0 Å². The molecule has 0 fully saturated rings. The lowest BCUT2D eigenvalue weighted by Gasteiger charge is -2.06. The molecule has 1 aromatic heterocycles. The Bertz CT molecular complexity index is 1220. The van der Waals surface area contributed by atoms with Crippen molar-refractivity contribution in [3.05, 3.63) is 108 Å². The first-order chi connectivity index (χ1) is 15.6. The van der Waals surface area contributed by atoms with Gasteiger partial charge in [-0.25, -0.2) is 4.39 Å². The Hall–Kier alpha value is -3.64. The van der Waals surface area contributed by atoms with Gasteiger partial charge >= 0.3 is 0 Å². The van der Waals surface area contributed by atoms with Crippen LogP contribution in [-0.2, 0) is 17.6 Å². The van der Waals surface area contributed by atoms with Gasteiger partial charge in [0.15, 0.2) is 0 Å². The molecule has 6 heteroatoms. The van der Waals surface area contributed by atoms with E-state index in [1.165, 1.54) is 28.7 Å². The first-order valence-corrected chi connectivity index (χ1v) is 11.1. The second kappa shape index (κ2) is 10.1. The Balaban J connectivity index is 1.37. The van der Waals surface area contributed by atoms with Gasteiger partial charge in [-0.05, 0) is 60.2 Å². The molecule has 32 heavy (non-hydrogen) atoms. The molecule has 0 radical (unpaired) electrons. The summed E-state index contributed by atoms with van der Waals surface area (Å²) in [6.45, 7) is 0. The number of benzene rings is 3. The summed E-state index contributed by atoms with van der Waals surface area (Å²) in [5, 5.41) is 7.14. The number of rotatable bonds is 7. The van der Waals surface area contributed by atoms with Crippen LogP contribution in [-0.4, -0.2) is 15.7 Å². The second-order valence-electron chi connectivity index (χ2n) is 7.20. The molecule has 1 N–H and O–H groups in total. The lowest BCUT2D eigenvalue weighted by molar-refractivity contribution is -0.111. The van der Waals surface area contributed by atoms with Crippen molar-refractivity contribution in [3.63, 3.8) is 0 Å². The first-order valence-electron chi connectivity index (χ1n) is 10.1. The largest absolute Gasteiger partial charge is 0.323 e. The molecular formula is C26H22FN3OS. The van der Waals surface area contributed by atoms with Crippen molar-refractivity contribution in [3.8, 4) is 11.3 Å². The molecule has 0 spiro atoms. The van der Waals surface area contributed by atoms with Gasteiger partial charge < -0.3 is 5.32 Å². The summed E-state index contributed by atoms with van der Waals surface area (Å²) in [6, 6.07) is 24.3. The lowest BCUT2D eigenvalue weighted by atomic mass is 10.1. The van der Waals surface area contributed by atoms with E-state index in [9.17, 15) is 9.18 Å². The standard InChI is InChI=1S/C26H22FN3OS/c1-30-26(20-9-12-22(27)13-10-20)21(17-28-30)11-16-25(31)29-23-14-7-19(8-15-23)18-32-24-5-3-2-4-6-24/h2-17H,18H2,1H3,(H,29,31). The maximum atomic E-state index is 13.2. The molecule has 160 valence electrons. The maximum Gasteiger partial charge on any atom is 0.248 e. The van der Waals surface area contributed by atoms with E-state index in [2.05, 4.69) is 22.5 Å². The first kappa shape index (κ1) is 21.6. The number of aryl methyl sites for hydroxylation is 1. The number of nitrogens with one attached hydrogen (secondary N) is 1. The SMILES string of the molecule is Cn1ncc(C=CC(=O)Nc2ccc(CSc3ccccc3)cc2)c1-c1ccc(F)cc1. The Morgan fingerprint density at radius 1 is 1.03 bits per heavy atom. The van der Waals surface area contributed by atoms with E-state index in [0.717, 1.165) is 28.3 Å². The molecule has 0 unspecified atom stereocenters. The van der Waals surface area contributed by atoms with Crippen LogP contribution in [0.5, 0.6) is 0 Å². The number of thioether (sulfide) groups is 1. The average molecular weight is 444 g/mol. The summed E-state index contributed by atoms with van der Waals surface area (Å²) >= 11 is 1.77. The van der Waals surface area contributed by atoms with Crippen LogP contribution in [0.1, 0.15) is 11.1 Å². The smallest absolute Gasteiger partial charge is 0.248 e. The summed E-state index contributed by atoms with van der Waals surface area (Å²) in [5.41, 5.74) is 4.34. The van der Waals surface area contributed by atoms with Gasteiger partial charge in [-0.1, -0.05) is 30.3 Å². The summed E-state index contributed by atoms with van der Waals surface area (Å²) in [5.74, 6) is 0.341. The zero-order valence-electron chi connectivity index (χ0n) is 17.5. The zero-order chi connectivity index (χ0) is 22.3. The molecule has 1 amide bonds. The molecule has 0 atom stereocenters. The van der Waals surface area contributed by atoms with Crippen LogP contribution in [0.15, 0.2) is 96.0 Å². The molecule has 4 rings (SSSR count). The van der Waals surface area contributed by atoms with Gasteiger partial charge in [-0.15, -0.1) is 11.8 Å². The molecule has 0 aliphatic carbocycles. The average Bonchev–Trinajstić information content (AvgIpc) is 3.19. The molecule has 0 saturated carbocycles. The molecule has 4 nitrogen and oxygen atoms in total. The second-order valence-corrected chi connectivity index (χ2v) is 8.25. The molecular weight excluding hydrogens is 421 g/mol. The Morgan fingerprint density at radius 3 is 2.47 bits per heavy atom. The van der Waals surface area contributed by atoms with Crippen molar-refractivity contribution in [2.75, 3.05) is 5.32 Å². The highest BCUT2D eigenvalue weighted by molar-refractivity contribution is 7.98. The normalized spacial score (nSPS) is 11.1. The van der Waals surface area contributed by atoms with Crippen molar-refractivity contribution >= 4 is 29.4 Å². The molecule has 3 aromatic carbocycles. The van der Waals surface area contributed by atoms with E-state index < -0.39 is 0 Å². The Labute approximate surface area is 190 Å². The van der Waals surface area contributed by atoms with Crippen LogP contribution in [0.2, 0.25) is 0 Å². The summed E-state index contributed by atoms with van der Waals surface area (Å²) in [6.07, 6.45) is 4.87. The van der Waals surface area contributed by atoms with Crippen molar-refractivity contribution < 1.29 is 9.18 Å². The number of aromatic nitrogens is 2. The van der Waals surface area contributed by atoms with E-state index >= 15 is 0 Å². The third-order valence-corrected chi connectivity index (χ3v) is 5.95. The third-order valence-electron chi connectivity index (χ3n) is 4.87. The van der Waals surface area contributed by atoms with Crippen LogP contribution < -0.4 is 5.32 Å². The number of anilines is 1. The van der Waals surface area contributed by atoms with E-state index in [1.54, 1.807) is 40.8 Å². The fourth-order valence-electron chi connectivity index (χ4n) is 3.25. The maximum absolute atomic E-state index is 13.2. The molecule has 1 heterocycles. The highest BCUT2D eigenvalue weighted by atomic mass is 32.2. The predicted octanol–water partition coefficient (Wildman–Crippen LogP) is 6.17. The number of hydrogen-bond acceptors (Lipinski definition) is 3. The van der Waals surface area contributed by atoms with Gasteiger partial charge in [-0.3, -0.25) is 9.48 Å². The molecule has 0 aliphatic rings. The van der Waals surface area contributed by atoms with E-state index in [4.69, 9.17) is 0 Å². The minimum atomic E-state index is -0.294. The fraction of sp³-hybridized carbons (Fsp3) is 0.0769. The quantitative estimate of drug-likeness (QED) is 0.274. The van der Waals surface area contributed by atoms with Crippen LogP contribution in [0.4, 0.5) is 10.1 Å². The van der Waals surface area contributed by atoms with Crippen LogP contribution in [0.25, 0.3) is 17.3 Å². The minimum Gasteiger partial charge on any atom is -0.323 e. The lowest BCUT2D eigenvalue weighted by Crippen LogP contribution is -2.07. The molecule has 0 saturated heterocycles. The number of halogens is 1. The van der Waals surface area contributed by atoms with Crippen LogP contribution in [0, 0.1) is 5.82 Å². The van der Waals surface area contributed by atoms with Gasteiger partial charge in [0, 0.05) is 40.6 Å². The highest BCUT2D eigenvalue weighted by Crippen LogP contribution is 2.25.